The summed E-state index contributed by atoms with van der Waals surface area (Å²) in [6, 6.07) is 0. The number of nitrogens with two attached hydrogens (primary N) is 1. The number of rotatable bonds is 5. The lowest BCUT2D eigenvalue weighted by Gasteiger charge is -2.51. The summed E-state index contributed by atoms with van der Waals surface area (Å²) in [4.78, 5) is 5.27. The van der Waals surface area contributed by atoms with Gasteiger partial charge in [0.15, 0.2) is 0 Å². The van der Waals surface area contributed by atoms with Crippen molar-refractivity contribution in [2.24, 2.45) is 17.6 Å². The lowest BCUT2D eigenvalue weighted by molar-refractivity contribution is -0.0964. The fourth-order valence-electron chi connectivity index (χ4n) is 3.89. The molecule has 0 aromatic rings. The Morgan fingerprint density at radius 2 is 1.81 bits per heavy atom. The van der Waals surface area contributed by atoms with Gasteiger partial charge in [0.05, 0.1) is 6.10 Å². The fourth-order valence-corrected chi connectivity index (χ4v) is 3.89. The monoisotopic (exact) mass is 297 g/mol. The van der Waals surface area contributed by atoms with Crippen LogP contribution < -0.4 is 5.73 Å². The largest absolute Gasteiger partial charge is 0.378 e. The standard InChI is InChI=1S/C17H35N3O/c1-14(2)12-19-6-8-20(9-7-19)17(13-18)5-10-21-16(11-17)15(3)4/h14-16H,5-13,18H2,1-4H3. The second-order valence-corrected chi connectivity index (χ2v) is 7.72. The van der Waals surface area contributed by atoms with E-state index in [0.29, 0.717) is 12.0 Å². The van der Waals surface area contributed by atoms with E-state index in [2.05, 4.69) is 37.5 Å². The summed E-state index contributed by atoms with van der Waals surface area (Å²) in [6.07, 6.45) is 2.57. The highest BCUT2D eigenvalue weighted by Gasteiger charge is 2.42. The molecular formula is C17H35N3O. The molecule has 2 fully saturated rings. The van der Waals surface area contributed by atoms with E-state index < -0.39 is 0 Å². The van der Waals surface area contributed by atoms with Crippen molar-refractivity contribution in [2.75, 3.05) is 45.9 Å². The van der Waals surface area contributed by atoms with Crippen molar-refractivity contribution in [1.29, 1.82) is 0 Å². The molecule has 0 spiro atoms. The van der Waals surface area contributed by atoms with Gasteiger partial charge in [0.25, 0.3) is 0 Å². The van der Waals surface area contributed by atoms with E-state index in [0.717, 1.165) is 45.0 Å². The molecule has 2 heterocycles. The highest BCUT2D eigenvalue weighted by molar-refractivity contribution is 4.98. The van der Waals surface area contributed by atoms with Gasteiger partial charge in [-0.1, -0.05) is 27.7 Å². The van der Waals surface area contributed by atoms with E-state index in [1.165, 1.54) is 19.6 Å². The summed E-state index contributed by atoms with van der Waals surface area (Å²) in [6.45, 7) is 16.7. The summed E-state index contributed by atoms with van der Waals surface area (Å²) in [7, 11) is 0. The van der Waals surface area contributed by atoms with Crippen LogP contribution in [0.3, 0.4) is 0 Å². The lowest BCUT2D eigenvalue weighted by atomic mass is 9.81. The van der Waals surface area contributed by atoms with Gasteiger partial charge in [-0.15, -0.1) is 0 Å². The van der Waals surface area contributed by atoms with Crippen molar-refractivity contribution in [3.63, 3.8) is 0 Å². The molecular weight excluding hydrogens is 262 g/mol. The van der Waals surface area contributed by atoms with Gasteiger partial charge in [-0.25, -0.2) is 0 Å². The molecule has 2 aliphatic rings. The number of ether oxygens (including phenoxy) is 1. The number of piperazine rings is 1. The van der Waals surface area contributed by atoms with Crippen molar-refractivity contribution in [3.8, 4) is 0 Å². The highest BCUT2D eigenvalue weighted by atomic mass is 16.5. The molecule has 4 nitrogen and oxygen atoms in total. The Kier molecular flexibility index (Phi) is 6.06. The van der Waals surface area contributed by atoms with Crippen LogP contribution in [0.2, 0.25) is 0 Å². The zero-order valence-electron chi connectivity index (χ0n) is 14.5. The molecule has 4 heteroatoms. The van der Waals surface area contributed by atoms with Gasteiger partial charge in [0, 0.05) is 51.4 Å². The lowest BCUT2D eigenvalue weighted by Crippen LogP contribution is -2.63. The molecule has 0 radical (unpaired) electrons. The molecule has 0 amide bonds. The number of hydrogen-bond donors (Lipinski definition) is 1. The molecule has 2 unspecified atom stereocenters. The predicted octanol–water partition coefficient (Wildman–Crippen LogP) is 1.79. The maximum Gasteiger partial charge on any atom is 0.0616 e. The van der Waals surface area contributed by atoms with Crippen molar-refractivity contribution < 1.29 is 4.74 Å². The zero-order chi connectivity index (χ0) is 15.5. The van der Waals surface area contributed by atoms with Crippen LogP contribution in [-0.4, -0.2) is 67.3 Å². The smallest absolute Gasteiger partial charge is 0.0616 e. The Hall–Kier alpha value is -0.160. The third kappa shape index (κ3) is 4.19. The minimum Gasteiger partial charge on any atom is -0.378 e. The minimum atomic E-state index is 0.178. The van der Waals surface area contributed by atoms with E-state index in [4.69, 9.17) is 10.5 Å². The van der Waals surface area contributed by atoms with Crippen LogP contribution in [0, 0.1) is 11.8 Å². The van der Waals surface area contributed by atoms with Gasteiger partial charge in [-0.2, -0.15) is 0 Å². The Morgan fingerprint density at radius 1 is 1.14 bits per heavy atom. The van der Waals surface area contributed by atoms with E-state index >= 15 is 0 Å². The average Bonchev–Trinajstić information content (AvgIpc) is 2.47. The van der Waals surface area contributed by atoms with E-state index in [1.54, 1.807) is 0 Å². The molecule has 2 rings (SSSR count). The van der Waals surface area contributed by atoms with Crippen LogP contribution in [-0.2, 0) is 4.74 Å². The zero-order valence-corrected chi connectivity index (χ0v) is 14.5. The SMILES string of the molecule is CC(C)CN1CCN(C2(CN)CCOC(C(C)C)C2)CC1. The van der Waals surface area contributed by atoms with Gasteiger partial charge in [0.2, 0.25) is 0 Å². The first kappa shape index (κ1) is 17.2. The summed E-state index contributed by atoms with van der Waals surface area (Å²) in [5.74, 6) is 1.34. The van der Waals surface area contributed by atoms with Gasteiger partial charge < -0.3 is 15.4 Å². The van der Waals surface area contributed by atoms with Crippen molar-refractivity contribution in [2.45, 2.75) is 52.2 Å². The molecule has 124 valence electrons. The maximum atomic E-state index is 6.24. The van der Waals surface area contributed by atoms with Gasteiger partial charge in [-0.3, -0.25) is 4.90 Å². The molecule has 0 aromatic carbocycles. The summed E-state index contributed by atoms with van der Waals surface area (Å²) in [5.41, 5.74) is 6.41. The third-order valence-corrected chi connectivity index (χ3v) is 5.27. The van der Waals surface area contributed by atoms with Crippen LogP contribution >= 0.6 is 0 Å². The van der Waals surface area contributed by atoms with Gasteiger partial charge >= 0.3 is 0 Å². The number of nitrogens with zero attached hydrogens (tertiary/aromatic N) is 2. The summed E-state index contributed by atoms with van der Waals surface area (Å²) < 4.78 is 5.97. The molecule has 2 N–H and O–H groups in total. The summed E-state index contributed by atoms with van der Waals surface area (Å²) >= 11 is 0. The van der Waals surface area contributed by atoms with Gasteiger partial charge in [0.1, 0.15) is 0 Å². The van der Waals surface area contributed by atoms with Crippen LogP contribution in [0.1, 0.15) is 40.5 Å². The second kappa shape index (κ2) is 7.40. The van der Waals surface area contributed by atoms with Crippen LogP contribution in [0.25, 0.3) is 0 Å². The first-order valence-corrected chi connectivity index (χ1v) is 8.76. The molecule has 2 aliphatic heterocycles. The molecule has 0 aromatic heterocycles. The third-order valence-electron chi connectivity index (χ3n) is 5.27. The van der Waals surface area contributed by atoms with Crippen molar-refractivity contribution in [3.05, 3.63) is 0 Å². The quantitative estimate of drug-likeness (QED) is 0.840. The first-order chi connectivity index (χ1) is 9.97. The molecule has 2 saturated heterocycles. The second-order valence-electron chi connectivity index (χ2n) is 7.72. The normalized spacial score (nSPS) is 33.0. The van der Waals surface area contributed by atoms with Crippen LogP contribution in [0.4, 0.5) is 0 Å². The Bertz CT molecular complexity index is 313. The first-order valence-electron chi connectivity index (χ1n) is 8.76. The highest BCUT2D eigenvalue weighted by Crippen LogP contribution is 2.33. The average molecular weight is 297 g/mol. The number of hydrogen-bond acceptors (Lipinski definition) is 4. The van der Waals surface area contributed by atoms with E-state index in [1.807, 2.05) is 0 Å². The van der Waals surface area contributed by atoms with Gasteiger partial charge in [-0.05, 0) is 24.7 Å². The maximum absolute atomic E-state index is 6.24. The molecule has 0 aliphatic carbocycles. The van der Waals surface area contributed by atoms with Crippen molar-refractivity contribution in [1.82, 2.24) is 9.80 Å². The Morgan fingerprint density at radius 3 is 2.33 bits per heavy atom. The molecule has 0 bridgehead atoms. The topological polar surface area (TPSA) is 41.7 Å². The predicted molar refractivity (Wildman–Crippen MR) is 88.4 cm³/mol. The Balaban J connectivity index is 1.95. The van der Waals surface area contributed by atoms with Crippen LogP contribution in [0.15, 0.2) is 0 Å². The van der Waals surface area contributed by atoms with Crippen molar-refractivity contribution >= 4 is 0 Å². The minimum absolute atomic E-state index is 0.178. The molecule has 0 saturated carbocycles. The van der Waals surface area contributed by atoms with Crippen LogP contribution in [0.5, 0.6) is 0 Å². The van der Waals surface area contributed by atoms with E-state index in [9.17, 15) is 0 Å². The fraction of sp³-hybridized carbons (Fsp3) is 1.00. The summed E-state index contributed by atoms with van der Waals surface area (Å²) in [5, 5.41) is 0. The molecule has 2 atom stereocenters. The molecule has 21 heavy (non-hydrogen) atoms. The van der Waals surface area contributed by atoms with E-state index in [-0.39, 0.29) is 5.54 Å². The Labute approximate surface area is 131 Å².